The summed E-state index contributed by atoms with van der Waals surface area (Å²) in [5.74, 6) is 0.691. The molecule has 16 heavy (non-hydrogen) atoms. The molecule has 0 spiro atoms. The zero-order valence-electron chi connectivity index (χ0n) is 9.99. The third kappa shape index (κ3) is 1.81. The van der Waals surface area contributed by atoms with Gasteiger partial charge >= 0.3 is 0 Å². The number of aryl methyl sites for hydroxylation is 3. The Morgan fingerprint density at radius 1 is 1.31 bits per heavy atom. The number of anilines is 1. The second kappa shape index (κ2) is 4.00. The van der Waals surface area contributed by atoms with Crippen LogP contribution < -0.4 is 5.73 Å². The Morgan fingerprint density at radius 2 is 2.06 bits per heavy atom. The molecule has 0 fully saturated rings. The quantitative estimate of drug-likeness (QED) is 0.836. The molecule has 0 atom stereocenters. The minimum Gasteiger partial charge on any atom is -0.384 e. The molecule has 0 saturated heterocycles. The van der Waals surface area contributed by atoms with Gasteiger partial charge in [0.15, 0.2) is 0 Å². The van der Waals surface area contributed by atoms with Gasteiger partial charge in [-0.3, -0.25) is 4.68 Å². The van der Waals surface area contributed by atoms with Crippen molar-refractivity contribution in [2.45, 2.75) is 20.3 Å². The predicted octanol–water partition coefficient (Wildman–Crippen LogP) is 2.54. The number of benzene rings is 1. The van der Waals surface area contributed by atoms with E-state index in [0.717, 1.165) is 12.1 Å². The Hall–Kier alpha value is -1.77. The first-order valence-corrected chi connectivity index (χ1v) is 5.51. The molecule has 3 nitrogen and oxygen atoms in total. The van der Waals surface area contributed by atoms with Gasteiger partial charge in [0, 0.05) is 18.7 Å². The average molecular weight is 215 g/mol. The summed E-state index contributed by atoms with van der Waals surface area (Å²) in [4.78, 5) is 0. The van der Waals surface area contributed by atoms with Gasteiger partial charge in [0.05, 0.1) is 5.69 Å². The molecule has 0 aliphatic rings. The largest absolute Gasteiger partial charge is 0.384 e. The summed E-state index contributed by atoms with van der Waals surface area (Å²) in [6, 6.07) is 8.41. The van der Waals surface area contributed by atoms with Crippen molar-refractivity contribution in [3.63, 3.8) is 0 Å². The maximum absolute atomic E-state index is 5.80. The molecule has 0 amide bonds. The highest BCUT2D eigenvalue weighted by atomic mass is 15.3. The predicted molar refractivity (Wildman–Crippen MR) is 67.2 cm³/mol. The van der Waals surface area contributed by atoms with Crippen LogP contribution in [0.5, 0.6) is 0 Å². The zero-order valence-corrected chi connectivity index (χ0v) is 9.99. The van der Waals surface area contributed by atoms with Crippen molar-refractivity contribution in [3.8, 4) is 11.3 Å². The molecule has 1 aromatic carbocycles. The number of hydrogen-bond donors (Lipinski definition) is 1. The Labute approximate surface area is 95.9 Å². The van der Waals surface area contributed by atoms with Crippen molar-refractivity contribution in [1.29, 1.82) is 0 Å². The van der Waals surface area contributed by atoms with Crippen LogP contribution in [0.2, 0.25) is 0 Å². The molecule has 2 aromatic rings. The fraction of sp³-hybridized carbons (Fsp3) is 0.308. The van der Waals surface area contributed by atoms with Gasteiger partial charge in [-0.25, -0.2) is 0 Å². The molecule has 84 valence electrons. The topological polar surface area (TPSA) is 43.8 Å². The number of rotatable bonds is 2. The molecular weight excluding hydrogens is 198 g/mol. The van der Waals surface area contributed by atoms with E-state index in [2.05, 4.69) is 37.1 Å². The summed E-state index contributed by atoms with van der Waals surface area (Å²) in [5, 5.41) is 4.41. The van der Waals surface area contributed by atoms with E-state index >= 15 is 0 Å². The normalized spacial score (nSPS) is 10.7. The van der Waals surface area contributed by atoms with Gasteiger partial charge < -0.3 is 5.73 Å². The highest BCUT2D eigenvalue weighted by Crippen LogP contribution is 2.24. The Bertz CT molecular complexity index is 492. The maximum Gasteiger partial charge on any atom is 0.121 e. The minimum absolute atomic E-state index is 0.691. The van der Waals surface area contributed by atoms with Crippen LogP contribution in [-0.4, -0.2) is 9.78 Å². The minimum atomic E-state index is 0.691. The van der Waals surface area contributed by atoms with Crippen molar-refractivity contribution < 1.29 is 0 Å². The first-order chi connectivity index (χ1) is 7.61. The monoisotopic (exact) mass is 215 g/mol. The smallest absolute Gasteiger partial charge is 0.121 e. The molecule has 0 aliphatic carbocycles. The molecule has 1 heterocycles. The number of hydrogen-bond acceptors (Lipinski definition) is 2. The average Bonchev–Trinajstić information content (AvgIpc) is 2.60. The third-order valence-corrected chi connectivity index (χ3v) is 2.90. The number of nitrogen functional groups attached to an aromatic ring is 1. The van der Waals surface area contributed by atoms with Gasteiger partial charge in [0.2, 0.25) is 0 Å². The van der Waals surface area contributed by atoms with Crippen LogP contribution in [-0.2, 0) is 13.5 Å². The Balaban J connectivity index is 2.54. The second-order valence-corrected chi connectivity index (χ2v) is 4.08. The van der Waals surface area contributed by atoms with E-state index in [1.54, 1.807) is 4.68 Å². The summed E-state index contributed by atoms with van der Waals surface area (Å²) in [5.41, 5.74) is 10.5. The van der Waals surface area contributed by atoms with E-state index in [-0.39, 0.29) is 0 Å². The highest BCUT2D eigenvalue weighted by molar-refractivity contribution is 5.66. The molecule has 0 aliphatic heterocycles. The zero-order chi connectivity index (χ0) is 11.7. The van der Waals surface area contributed by atoms with E-state index in [1.807, 2.05) is 13.1 Å². The van der Waals surface area contributed by atoms with E-state index in [4.69, 9.17) is 5.73 Å². The highest BCUT2D eigenvalue weighted by Gasteiger charge is 2.08. The summed E-state index contributed by atoms with van der Waals surface area (Å²) in [6.07, 6.45) is 1.04. The van der Waals surface area contributed by atoms with Gasteiger partial charge in [-0.2, -0.15) is 5.10 Å². The lowest BCUT2D eigenvalue weighted by molar-refractivity contribution is 0.782. The molecule has 0 radical (unpaired) electrons. The fourth-order valence-corrected chi connectivity index (χ4v) is 1.78. The molecular formula is C13H17N3. The molecule has 2 rings (SSSR count). The molecule has 3 heteroatoms. The van der Waals surface area contributed by atoms with Crippen molar-refractivity contribution in [2.24, 2.45) is 7.05 Å². The fourth-order valence-electron chi connectivity index (χ4n) is 1.78. The molecule has 0 saturated carbocycles. The standard InChI is InChI=1S/C13H17N3/c1-4-10-6-5-9(2)11(7-10)12-8-13(14)16(3)15-12/h5-8H,4,14H2,1-3H3. The van der Waals surface area contributed by atoms with E-state index in [0.29, 0.717) is 5.82 Å². The maximum atomic E-state index is 5.80. The van der Waals surface area contributed by atoms with Gasteiger partial charge in [0.1, 0.15) is 5.82 Å². The van der Waals surface area contributed by atoms with Crippen molar-refractivity contribution >= 4 is 5.82 Å². The summed E-state index contributed by atoms with van der Waals surface area (Å²) in [7, 11) is 1.86. The number of nitrogens with zero attached hydrogens (tertiary/aromatic N) is 2. The SMILES string of the molecule is CCc1ccc(C)c(-c2cc(N)n(C)n2)c1. The van der Waals surface area contributed by atoms with Crippen LogP contribution in [0.25, 0.3) is 11.3 Å². The van der Waals surface area contributed by atoms with Crippen LogP contribution in [0, 0.1) is 6.92 Å². The van der Waals surface area contributed by atoms with Crippen molar-refractivity contribution in [3.05, 3.63) is 35.4 Å². The van der Waals surface area contributed by atoms with Crippen LogP contribution >= 0.6 is 0 Å². The van der Waals surface area contributed by atoms with Crippen LogP contribution in [0.15, 0.2) is 24.3 Å². The van der Waals surface area contributed by atoms with E-state index in [9.17, 15) is 0 Å². The summed E-state index contributed by atoms with van der Waals surface area (Å²) in [6.45, 7) is 4.25. The van der Waals surface area contributed by atoms with Crippen molar-refractivity contribution in [1.82, 2.24) is 9.78 Å². The number of nitrogens with two attached hydrogens (primary N) is 1. The first kappa shape index (κ1) is 10.7. The third-order valence-electron chi connectivity index (χ3n) is 2.90. The second-order valence-electron chi connectivity index (χ2n) is 4.08. The Kier molecular flexibility index (Phi) is 2.69. The van der Waals surface area contributed by atoms with E-state index < -0.39 is 0 Å². The summed E-state index contributed by atoms with van der Waals surface area (Å²) >= 11 is 0. The van der Waals surface area contributed by atoms with Crippen LogP contribution in [0.4, 0.5) is 5.82 Å². The van der Waals surface area contributed by atoms with Crippen LogP contribution in [0.3, 0.4) is 0 Å². The molecule has 2 N–H and O–H groups in total. The van der Waals surface area contributed by atoms with Gasteiger partial charge in [0.25, 0.3) is 0 Å². The molecule has 0 unspecified atom stereocenters. The first-order valence-electron chi connectivity index (χ1n) is 5.51. The van der Waals surface area contributed by atoms with Gasteiger partial charge in [-0.05, 0) is 30.5 Å². The van der Waals surface area contributed by atoms with Gasteiger partial charge in [-0.1, -0.05) is 19.1 Å². The molecule has 0 bridgehead atoms. The van der Waals surface area contributed by atoms with E-state index in [1.165, 1.54) is 16.7 Å². The lowest BCUT2D eigenvalue weighted by atomic mass is 10.0. The van der Waals surface area contributed by atoms with Crippen molar-refractivity contribution in [2.75, 3.05) is 5.73 Å². The Morgan fingerprint density at radius 3 is 2.62 bits per heavy atom. The number of aromatic nitrogens is 2. The van der Waals surface area contributed by atoms with Gasteiger partial charge in [-0.15, -0.1) is 0 Å². The molecule has 1 aromatic heterocycles. The lowest BCUT2D eigenvalue weighted by Gasteiger charge is -2.05. The lowest BCUT2D eigenvalue weighted by Crippen LogP contribution is -1.96. The van der Waals surface area contributed by atoms with Crippen LogP contribution in [0.1, 0.15) is 18.1 Å². The summed E-state index contributed by atoms with van der Waals surface area (Å²) < 4.78 is 1.70.